The van der Waals surface area contributed by atoms with Gasteiger partial charge in [-0.15, -0.1) is 0 Å². The number of aliphatic hydroxyl groups is 11. The van der Waals surface area contributed by atoms with Gasteiger partial charge in [0.15, 0.2) is 6.29 Å². The maximum absolute atomic E-state index is 12.7. The highest BCUT2D eigenvalue weighted by Crippen LogP contribution is 2.27. The minimum absolute atomic E-state index is 0.0944. The molecule has 3 fully saturated rings. The molecule has 57 heavy (non-hydrogen) atoms. The van der Waals surface area contributed by atoms with Crippen molar-refractivity contribution in [3.05, 3.63) is 83.1 Å². The van der Waals surface area contributed by atoms with Gasteiger partial charge in [-0.3, -0.25) is 0 Å². The van der Waals surface area contributed by atoms with Crippen LogP contribution in [0.3, 0.4) is 0 Å². The monoisotopic (exact) mass is 814 g/mol. The van der Waals surface area contributed by atoms with Gasteiger partial charge in [0.05, 0.1) is 19.8 Å². The maximum atomic E-state index is 12.7. The van der Waals surface area contributed by atoms with Gasteiger partial charge in [-0.05, 0) is 27.7 Å². The zero-order valence-electron chi connectivity index (χ0n) is 31.7. The lowest BCUT2D eigenvalue weighted by atomic mass is 9.98. The minimum Gasteiger partial charge on any atom is -0.429 e. The van der Waals surface area contributed by atoms with Crippen molar-refractivity contribution in [3.8, 4) is 0 Å². The summed E-state index contributed by atoms with van der Waals surface area (Å²) in [6.45, 7) is 4.59. The third-order valence-corrected chi connectivity index (χ3v) is 9.12. The Hall–Kier alpha value is -3.48. The van der Waals surface area contributed by atoms with E-state index in [1.807, 2.05) is 6.92 Å². The van der Waals surface area contributed by atoms with Crippen molar-refractivity contribution in [2.24, 2.45) is 0 Å². The fourth-order valence-corrected chi connectivity index (χ4v) is 5.46. The molecular formula is C38H54O19. The van der Waals surface area contributed by atoms with Crippen molar-refractivity contribution >= 4 is 11.9 Å². The highest BCUT2D eigenvalue weighted by molar-refractivity contribution is 5.88. The number of esters is 2. The Kier molecular flexibility index (Phi) is 19.0. The Labute approximate surface area is 328 Å². The van der Waals surface area contributed by atoms with E-state index in [1.165, 1.54) is 26.0 Å². The summed E-state index contributed by atoms with van der Waals surface area (Å²) in [5, 5.41) is 110. The van der Waals surface area contributed by atoms with Crippen LogP contribution in [0.4, 0.5) is 0 Å². The van der Waals surface area contributed by atoms with Gasteiger partial charge in [0, 0.05) is 11.1 Å². The molecule has 19 heteroatoms. The van der Waals surface area contributed by atoms with E-state index in [4.69, 9.17) is 28.4 Å². The average Bonchev–Trinajstić information content (AvgIpc) is 3.18. The van der Waals surface area contributed by atoms with Crippen LogP contribution in [-0.2, 0) is 38.0 Å². The fourth-order valence-electron chi connectivity index (χ4n) is 5.46. The van der Waals surface area contributed by atoms with E-state index in [9.17, 15) is 65.8 Å². The normalized spacial score (nSPS) is 37.6. The van der Waals surface area contributed by atoms with Crippen LogP contribution in [0.25, 0.3) is 0 Å². The molecule has 19 nitrogen and oxygen atoms in total. The van der Waals surface area contributed by atoms with Gasteiger partial charge in [0.2, 0.25) is 12.6 Å². The van der Waals surface area contributed by atoms with Crippen LogP contribution >= 0.6 is 0 Å². The van der Waals surface area contributed by atoms with E-state index in [-0.39, 0.29) is 11.1 Å². The first kappa shape index (κ1) is 47.9. The molecule has 3 heterocycles. The van der Waals surface area contributed by atoms with Gasteiger partial charge in [0.1, 0.15) is 73.2 Å². The van der Waals surface area contributed by atoms with Crippen LogP contribution in [0.15, 0.2) is 83.1 Å². The molecule has 3 saturated heterocycles. The minimum atomic E-state index is -1.83. The molecule has 12 unspecified atom stereocenters. The van der Waals surface area contributed by atoms with E-state index in [2.05, 4.69) is 0 Å². The predicted molar refractivity (Wildman–Crippen MR) is 195 cm³/mol. The molecule has 320 valence electrons. The third kappa shape index (κ3) is 13.3. The molecule has 3 rings (SSSR count). The molecule has 0 bridgehead atoms. The second-order valence-corrected chi connectivity index (χ2v) is 13.7. The number of allylic oxidation sites excluding steroid dienone is 12. The summed E-state index contributed by atoms with van der Waals surface area (Å²) >= 11 is 0. The molecule has 0 spiro atoms. The predicted octanol–water partition coefficient (Wildman–Crippen LogP) is -3.05. The summed E-state index contributed by atoms with van der Waals surface area (Å²) in [6.07, 6.45) is -7.55. The Morgan fingerprint density at radius 1 is 0.474 bits per heavy atom. The van der Waals surface area contributed by atoms with E-state index >= 15 is 0 Å². The van der Waals surface area contributed by atoms with E-state index in [0.717, 1.165) is 11.1 Å². The van der Waals surface area contributed by atoms with Crippen LogP contribution < -0.4 is 0 Å². The zero-order chi connectivity index (χ0) is 42.6. The van der Waals surface area contributed by atoms with Crippen molar-refractivity contribution in [2.45, 2.75) is 120 Å². The second kappa shape index (κ2) is 22.6. The molecule has 0 saturated carbocycles. The first-order chi connectivity index (χ1) is 26.9. The van der Waals surface area contributed by atoms with Gasteiger partial charge in [-0.2, -0.15) is 0 Å². The van der Waals surface area contributed by atoms with Crippen molar-refractivity contribution in [1.29, 1.82) is 0 Å². The number of hydrogen-bond donors (Lipinski definition) is 11. The summed E-state index contributed by atoms with van der Waals surface area (Å²) < 4.78 is 31.6. The number of rotatable bonds is 15. The van der Waals surface area contributed by atoms with Crippen molar-refractivity contribution in [3.63, 3.8) is 0 Å². The highest BCUT2D eigenvalue weighted by atomic mass is 16.7. The third-order valence-electron chi connectivity index (χ3n) is 9.12. The fraction of sp³-hybridized carbons (Fsp3) is 0.579. The topological polar surface area (TPSA) is 312 Å². The van der Waals surface area contributed by atoms with E-state index in [0.29, 0.717) is 0 Å². The number of hydrogen-bond acceptors (Lipinski definition) is 19. The van der Waals surface area contributed by atoms with Gasteiger partial charge in [-0.25, -0.2) is 9.59 Å². The molecule has 0 aromatic rings. The molecule has 11 N–H and O–H groups in total. The maximum Gasteiger partial charge on any atom is 0.336 e. The molecule has 0 aromatic carbocycles. The Balaban J connectivity index is 1.48. The smallest absolute Gasteiger partial charge is 0.336 e. The molecule has 0 radical (unpaired) electrons. The largest absolute Gasteiger partial charge is 0.429 e. The van der Waals surface area contributed by atoms with Crippen LogP contribution in [0.1, 0.15) is 27.7 Å². The van der Waals surface area contributed by atoms with Gasteiger partial charge in [-0.1, -0.05) is 71.9 Å². The van der Waals surface area contributed by atoms with Crippen molar-refractivity contribution < 1.29 is 94.2 Å². The number of carbonyl (C=O) groups excluding carboxylic acids is 2. The standard InChI is InChI=1S/C38H54O19/c1-18(11-7-13-20(3)34(50)56-37-32(48)29(45)26(42)23(16-40)54-37)9-5-6-10-19(2)12-8-14-21(4)35(51)57-38-33(49)30(46)27(43)24(55-38)17-52-36-31(47)28(44)25(41)22(15-39)53-36/h5-14,22-33,36-49H,15-17H2,1-4H3/b6-5+,11-7+,12-8+,18-9+,19-10+,20-13+,21-14+/t22?,23?,24-,25?,26?,27-,28?,29?,30?,31?,32?,33-,36?,37?,38?/m0/s1. The molecule has 0 aliphatic carbocycles. The Morgan fingerprint density at radius 2 is 0.825 bits per heavy atom. The Morgan fingerprint density at radius 3 is 1.23 bits per heavy atom. The molecule has 0 amide bonds. The summed E-state index contributed by atoms with van der Waals surface area (Å²) in [6, 6.07) is 0. The lowest BCUT2D eigenvalue weighted by Crippen LogP contribution is -2.61. The van der Waals surface area contributed by atoms with Gasteiger partial charge in [0.25, 0.3) is 0 Å². The second-order valence-electron chi connectivity index (χ2n) is 13.7. The number of ether oxygens (including phenoxy) is 6. The van der Waals surface area contributed by atoms with Crippen LogP contribution in [0.2, 0.25) is 0 Å². The van der Waals surface area contributed by atoms with Crippen LogP contribution in [-0.4, -0.2) is 180 Å². The van der Waals surface area contributed by atoms with Gasteiger partial charge >= 0.3 is 11.9 Å². The molecular weight excluding hydrogens is 760 g/mol. The lowest BCUT2D eigenvalue weighted by Gasteiger charge is -2.42. The van der Waals surface area contributed by atoms with Crippen LogP contribution in [0, 0.1) is 0 Å². The van der Waals surface area contributed by atoms with Crippen LogP contribution in [0.5, 0.6) is 0 Å². The molecule has 3 aliphatic rings. The highest BCUT2D eigenvalue weighted by Gasteiger charge is 2.48. The molecule has 0 aromatic heterocycles. The molecule has 3 aliphatic heterocycles. The Bertz CT molecular complexity index is 1550. The van der Waals surface area contributed by atoms with E-state index < -0.39 is 124 Å². The quantitative estimate of drug-likeness (QED) is 0.0445. The number of carbonyl (C=O) groups is 2. The SMILES string of the molecule is CC(/C=C/C=C(\C)C(=O)OC1OC(CO)C(O)C(O)C1O)=C\C=C\C=C(C)\C=C\C=C(/C)C(=O)OC1O[C@@H](COC2OC(CO)C(O)C(O)C2O)[C@H](O)C(O)[C@@H]1O. The first-order valence-corrected chi connectivity index (χ1v) is 18.0. The molecule has 15 atom stereocenters. The summed E-state index contributed by atoms with van der Waals surface area (Å²) in [5.74, 6) is -1.75. The summed E-state index contributed by atoms with van der Waals surface area (Å²) in [7, 11) is 0. The first-order valence-electron chi connectivity index (χ1n) is 18.0. The van der Waals surface area contributed by atoms with E-state index in [1.54, 1.807) is 55.5 Å². The van der Waals surface area contributed by atoms with Crippen molar-refractivity contribution in [1.82, 2.24) is 0 Å². The van der Waals surface area contributed by atoms with Crippen molar-refractivity contribution in [2.75, 3.05) is 19.8 Å². The zero-order valence-corrected chi connectivity index (χ0v) is 31.7. The van der Waals surface area contributed by atoms with Gasteiger partial charge < -0.3 is 84.6 Å². The average molecular weight is 815 g/mol. The number of aliphatic hydroxyl groups excluding tert-OH is 11. The summed E-state index contributed by atoms with van der Waals surface area (Å²) in [5.41, 5.74) is 1.86. The lowest BCUT2D eigenvalue weighted by molar-refractivity contribution is -0.326. The summed E-state index contributed by atoms with van der Waals surface area (Å²) in [4.78, 5) is 25.2.